The quantitative estimate of drug-likeness (QED) is 0.232. The molecule has 4 saturated carbocycles. The first-order valence-electron chi connectivity index (χ1n) is 16.5. The Hall–Kier alpha value is -1.65. The maximum Gasteiger partial charge on any atom is 0.312 e. The van der Waals surface area contributed by atoms with E-state index in [0.717, 1.165) is 37.7 Å². The Labute approximate surface area is 247 Å². The Morgan fingerprint density at radius 3 is 2.39 bits per heavy atom. The molecule has 11 atom stereocenters. The number of hydrogen-bond acceptors (Lipinski definition) is 4. The highest BCUT2D eigenvalue weighted by Gasteiger charge is 2.76. The minimum atomic E-state index is -0.446. The highest BCUT2D eigenvalue weighted by Crippen LogP contribution is 2.77. The maximum absolute atomic E-state index is 13.7. The zero-order chi connectivity index (χ0) is 29.2. The highest BCUT2D eigenvalue weighted by molar-refractivity contribution is 5.76. The van der Waals surface area contributed by atoms with Gasteiger partial charge >= 0.3 is 5.97 Å². The second-order valence-electron chi connectivity index (χ2n) is 17.0. The van der Waals surface area contributed by atoms with E-state index in [1.807, 2.05) is 30.3 Å². The molecule has 1 heterocycles. The number of aliphatic hydroxyl groups excluding tert-OH is 1. The molecule has 0 spiro atoms. The van der Waals surface area contributed by atoms with Crippen molar-refractivity contribution in [3.05, 3.63) is 47.5 Å². The first kappa shape index (κ1) is 28.1. The topological polar surface area (TPSA) is 59.1 Å². The van der Waals surface area contributed by atoms with Crippen LogP contribution >= 0.6 is 0 Å². The largest absolute Gasteiger partial charge is 0.460 e. The van der Waals surface area contributed by atoms with Crippen molar-refractivity contribution < 1.29 is 19.4 Å². The van der Waals surface area contributed by atoms with Crippen molar-refractivity contribution in [1.29, 1.82) is 0 Å². The summed E-state index contributed by atoms with van der Waals surface area (Å²) in [4.78, 5) is 13.7. The molecule has 4 heteroatoms. The van der Waals surface area contributed by atoms with Crippen LogP contribution in [0.2, 0.25) is 0 Å². The fraction of sp³-hybridized carbons (Fsp3) is 0.757. The molecule has 6 aliphatic rings. The summed E-state index contributed by atoms with van der Waals surface area (Å²) in [6, 6.07) is 10.1. The Morgan fingerprint density at radius 1 is 0.951 bits per heavy atom. The molecule has 1 N–H and O–H groups in total. The molecule has 5 fully saturated rings. The normalized spacial score (nSPS) is 51.1. The van der Waals surface area contributed by atoms with Gasteiger partial charge in [0.1, 0.15) is 12.7 Å². The van der Waals surface area contributed by atoms with Crippen LogP contribution in [0.15, 0.2) is 42.0 Å². The summed E-state index contributed by atoms with van der Waals surface area (Å²) >= 11 is 0. The van der Waals surface area contributed by atoms with Crippen molar-refractivity contribution in [2.24, 2.45) is 50.2 Å². The van der Waals surface area contributed by atoms with Gasteiger partial charge in [-0.2, -0.15) is 0 Å². The molecular formula is C37H52O4. The number of carbonyl (C=O) groups is 1. The predicted octanol–water partition coefficient (Wildman–Crippen LogP) is 7.88. The molecule has 41 heavy (non-hydrogen) atoms. The molecule has 0 radical (unpaired) electrons. The van der Waals surface area contributed by atoms with Crippen LogP contribution in [0.5, 0.6) is 0 Å². The molecule has 4 nitrogen and oxygen atoms in total. The number of carbonyl (C=O) groups excluding carboxylic acids is 1. The summed E-state index contributed by atoms with van der Waals surface area (Å²) in [5.74, 6) is 1.40. The van der Waals surface area contributed by atoms with E-state index in [9.17, 15) is 9.90 Å². The average molecular weight is 561 g/mol. The second-order valence-corrected chi connectivity index (χ2v) is 17.0. The third-order valence-corrected chi connectivity index (χ3v) is 14.8. The number of benzene rings is 1. The lowest BCUT2D eigenvalue weighted by atomic mass is 9.33. The number of aliphatic hydroxyl groups is 1. The number of allylic oxidation sites excluding steroid dienone is 2. The fourth-order valence-electron chi connectivity index (χ4n) is 11.8. The Kier molecular flexibility index (Phi) is 5.98. The van der Waals surface area contributed by atoms with Crippen molar-refractivity contribution in [3.8, 4) is 0 Å². The third kappa shape index (κ3) is 3.62. The summed E-state index contributed by atoms with van der Waals surface area (Å²) < 4.78 is 12.3. The van der Waals surface area contributed by atoms with E-state index < -0.39 is 5.41 Å². The zero-order valence-electron chi connectivity index (χ0n) is 26.5. The van der Waals surface area contributed by atoms with Gasteiger partial charge in [0, 0.05) is 5.41 Å². The minimum absolute atomic E-state index is 0.00220. The van der Waals surface area contributed by atoms with Crippen LogP contribution in [-0.4, -0.2) is 29.4 Å². The number of ether oxygens (including phenoxy) is 2. The first-order chi connectivity index (χ1) is 19.2. The van der Waals surface area contributed by atoms with Crippen molar-refractivity contribution in [2.45, 2.75) is 125 Å². The second kappa shape index (κ2) is 8.72. The van der Waals surface area contributed by atoms with Crippen LogP contribution in [-0.2, 0) is 20.9 Å². The Balaban J connectivity index is 1.20. The van der Waals surface area contributed by atoms with Gasteiger partial charge in [0.2, 0.25) is 0 Å². The molecule has 7 rings (SSSR count). The molecule has 1 saturated heterocycles. The summed E-state index contributed by atoms with van der Waals surface area (Å²) in [7, 11) is 0. The predicted molar refractivity (Wildman–Crippen MR) is 161 cm³/mol. The summed E-state index contributed by atoms with van der Waals surface area (Å²) in [6.45, 7) is 17.3. The summed E-state index contributed by atoms with van der Waals surface area (Å²) in [5.41, 5.74) is 2.74. The van der Waals surface area contributed by atoms with Gasteiger partial charge in [-0.15, -0.1) is 0 Å². The number of rotatable bonds is 3. The molecular weight excluding hydrogens is 508 g/mol. The molecule has 3 unspecified atom stereocenters. The first-order valence-corrected chi connectivity index (χ1v) is 16.5. The standard InChI is InChI=1S/C37H52O4/c1-32(2)26-15-16-36(6)27(37(26,7)30-28(41-30)29(32)38)14-13-24-25-21-34(4,18-17-33(25,3)19-20-35(24,36)5)31(39)40-22-23-11-9-8-10-12-23/h8-13,25-30,38H,14-22H2,1-7H3/t25?,26?,27?,28-,29-,30-,33+,34-,35+,36+,37-/m0/s1. The Bertz CT molecular complexity index is 1270. The van der Waals surface area contributed by atoms with Gasteiger partial charge in [0.05, 0.1) is 17.6 Å². The zero-order valence-corrected chi connectivity index (χ0v) is 26.5. The van der Waals surface area contributed by atoms with Crippen molar-refractivity contribution in [2.75, 3.05) is 0 Å². The lowest BCUT2D eigenvalue weighted by molar-refractivity contribution is -0.194. The number of epoxide rings is 1. The van der Waals surface area contributed by atoms with E-state index in [0.29, 0.717) is 24.4 Å². The van der Waals surface area contributed by atoms with E-state index >= 15 is 0 Å². The Morgan fingerprint density at radius 2 is 1.66 bits per heavy atom. The van der Waals surface area contributed by atoms with Gasteiger partial charge in [-0.25, -0.2) is 0 Å². The molecule has 0 amide bonds. The van der Waals surface area contributed by atoms with Crippen LogP contribution in [0.1, 0.15) is 105 Å². The SMILES string of the molecule is CC1(C)C2CC[C@]3(C)C(CC=C4C5C[C@@](C)(C(=O)OCc6ccccc6)CC[C@]5(C)CC[C@]43C)[C@@]2(C)[C@H]2O[C@H]2[C@@H]1O. The molecule has 1 aromatic rings. The highest BCUT2D eigenvalue weighted by atomic mass is 16.6. The van der Waals surface area contributed by atoms with E-state index in [1.165, 1.54) is 19.3 Å². The lowest BCUT2D eigenvalue weighted by Gasteiger charge is -2.70. The van der Waals surface area contributed by atoms with Crippen LogP contribution in [0.25, 0.3) is 0 Å². The smallest absolute Gasteiger partial charge is 0.312 e. The van der Waals surface area contributed by atoms with Gasteiger partial charge in [-0.1, -0.05) is 83.5 Å². The van der Waals surface area contributed by atoms with E-state index in [4.69, 9.17) is 9.47 Å². The van der Waals surface area contributed by atoms with Gasteiger partial charge in [0.15, 0.2) is 0 Å². The van der Waals surface area contributed by atoms with Crippen molar-refractivity contribution in [3.63, 3.8) is 0 Å². The van der Waals surface area contributed by atoms with Crippen molar-refractivity contribution in [1.82, 2.24) is 0 Å². The molecule has 1 aromatic carbocycles. The molecule has 224 valence electrons. The van der Waals surface area contributed by atoms with Gasteiger partial charge < -0.3 is 14.6 Å². The third-order valence-electron chi connectivity index (χ3n) is 14.8. The molecule has 0 aromatic heterocycles. The van der Waals surface area contributed by atoms with Crippen molar-refractivity contribution >= 4 is 5.97 Å². The van der Waals surface area contributed by atoms with Gasteiger partial charge in [-0.05, 0) is 103 Å². The van der Waals surface area contributed by atoms with Gasteiger partial charge in [-0.3, -0.25) is 4.79 Å². The summed E-state index contributed by atoms with van der Waals surface area (Å²) in [5, 5.41) is 11.2. The van der Waals surface area contributed by atoms with Crippen LogP contribution in [0.4, 0.5) is 0 Å². The molecule has 0 bridgehead atoms. The maximum atomic E-state index is 13.7. The molecule has 1 aliphatic heterocycles. The number of esters is 1. The lowest BCUT2D eigenvalue weighted by Crippen LogP contribution is -2.66. The van der Waals surface area contributed by atoms with Crippen LogP contribution in [0, 0.1) is 50.2 Å². The van der Waals surface area contributed by atoms with E-state index in [1.54, 1.807) is 5.57 Å². The average Bonchev–Trinajstić information content (AvgIpc) is 3.75. The number of hydrogen-bond donors (Lipinski definition) is 1. The van der Waals surface area contributed by atoms with Crippen LogP contribution in [0.3, 0.4) is 0 Å². The monoisotopic (exact) mass is 560 g/mol. The fourth-order valence-corrected chi connectivity index (χ4v) is 11.8. The van der Waals surface area contributed by atoms with E-state index in [2.05, 4.69) is 54.5 Å². The molecule has 5 aliphatic carbocycles. The summed E-state index contributed by atoms with van der Waals surface area (Å²) in [6.07, 6.45) is 11.3. The number of fused-ring (bicyclic) bond motifs is 9. The van der Waals surface area contributed by atoms with E-state index in [-0.39, 0.29) is 51.4 Å². The minimum Gasteiger partial charge on any atom is -0.460 e. The van der Waals surface area contributed by atoms with Gasteiger partial charge in [0.25, 0.3) is 0 Å². The van der Waals surface area contributed by atoms with Crippen LogP contribution < -0.4 is 0 Å².